The van der Waals surface area contributed by atoms with Gasteiger partial charge in [-0.2, -0.15) is 4.98 Å². The fourth-order valence-electron chi connectivity index (χ4n) is 1.57. The lowest BCUT2D eigenvalue weighted by molar-refractivity contribution is 0.380. The molecule has 0 unspecified atom stereocenters. The maximum Gasteiger partial charge on any atom is 0.240 e. The van der Waals surface area contributed by atoms with Crippen molar-refractivity contribution < 1.29 is 9.63 Å². The predicted octanol–water partition coefficient (Wildman–Crippen LogP) is 2.17. The fourth-order valence-corrected chi connectivity index (χ4v) is 1.83. The second-order valence-electron chi connectivity index (χ2n) is 3.74. The molecule has 2 aromatic rings. The standard InChI is InChI=1S/C11H12ClN3O2/c1-5-3-7(12)6(2)9(10(5)16)11-14-8(4-13)17-15-11/h3,16H,4,13H2,1-2H3. The topological polar surface area (TPSA) is 85.2 Å². The average Bonchev–Trinajstić information content (AvgIpc) is 2.75. The molecule has 5 nitrogen and oxygen atoms in total. The first kappa shape index (κ1) is 11.9. The van der Waals surface area contributed by atoms with Gasteiger partial charge in [0.15, 0.2) is 0 Å². The summed E-state index contributed by atoms with van der Waals surface area (Å²) in [5.41, 5.74) is 7.25. The molecule has 0 saturated heterocycles. The number of hydrogen-bond donors (Lipinski definition) is 2. The Morgan fingerprint density at radius 1 is 1.47 bits per heavy atom. The first-order valence-corrected chi connectivity index (χ1v) is 5.44. The molecule has 0 radical (unpaired) electrons. The second kappa shape index (κ2) is 4.35. The molecule has 6 heteroatoms. The van der Waals surface area contributed by atoms with Gasteiger partial charge in [0, 0.05) is 5.02 Å². The highest BCUT2D eigenvalue weighted by atomic mass is 35.5. The van der Waals surface area contributed by atoms with Gasteiger partial charge in [-0.15, -0.1) is 0 Å². The summed E-state index contributed by atoms with van der Waals surface area (Å²) in [6.45, 7) is 3.70. The first-order valence-electron chi connectivity index (χ1n) is 5.06. The highest BCUT2D eigenvalue weighted by molar-refractivity contribution is 6.32. The third-order valence-corrected chi connectivity index (χ3v) is 2.95. The van der Waals surface area contributed by atoms with Crippen molar-refractivity contribution in [2.24, 2.45) is 5.73 Å². The van der Waals surface area contributed by atoms with E-state index < -0.39 is 0 Å². The van der Waals surface area contributed by atoms with Gasteiger partial charge in [-0.3, -0.25) is 0 Å². The Labute approximate surface area is 103 Å². The molecule has 1 aromatic carbocycles. The molecular formula is C11H12ClN3O2. The van der Waals surface area contributed by atoms with E-state index in [1.807, 2.05) is 0 Å². The lowest BCUT2D eigenvalue weighted by Gasteiger charge is -2.09. The number of halogens is 1. The summed E-state index contributed by atoms with van der Waals surface area (Å²) in [5.74, 6) is 0.721. The van der Waals surface area contributed by atoms with Crippen LogP contribution < -0.4 is 5.73 Å². The highest BCUT2D eigenvalue weighted by Gasteiger charge is 2.18. The number of nitrogens with two attached hydrogens (primary N) is 1. The molecule has 0 saturated carbocycles. The third kappa shape index (κ3) is 1.99. The molecule has 1 heterocycles. The monoisotopic (exact) mass is 253 g/mol. The van der Waals surface area contributed by atoms with E-state index in [-0.39, 0.29) is 12.3 Å². The largest absolute Gasteiger partial charge is 0.507 e. The molecule has 0 amide bonds. The molecular weight excluding hydrogens is 242 g/mol. The van der Waals surface area contributed by atoms with Crippen molar-refractivity contribution in [2.75, 3.05) is 0 Å². The quantitative estimate of drug-likeness (QED) is 0.857. The maximum absolute atomic E-state index is 10.0. The van der Waals surface area contributed by atoms with Crippen molar-refractivity contribution in [1.29, 1.82) is 0 Å². The number of aromatic hydroxyl groups is 1. The van der Waals surface area contributed by atoms with Crippen LogP contribution in [-0.4, -0.2) is 15.2 Å². The van der Waals surface area contributed by atoms with Gasteiger partial charge in [0.2, 0.25) is 11.7 Å². The predicted molar refractivity (Wildman–Crippen MR) is 63.8 cm³/mol. The SMILES string of the molecule is Cc1cc(Cl)c(C)c(-c2noc(CN)n2)c1O. The van der Waals surface area contributed by atoms with Gasteiger partial charge in [0.25, 0.3) is 0 Å². The summed E-state index contributed by atoms with van der Waals surface area (Å²) < 4.78 is 4.92. The van der Waals surface area contributed by atoms with Crippen LogP contribution in [0.3, 0.4) is 0 Å². The van der Waals surface area contributed by atoms with Crippen LogP contribution in [0.1, 0.15) is 17.0 Å². The summed E-state index contributed by atoms with van der Waals surface area (Å²) in [4.78, 5) is 4.08. The van der Waals surface area contributed by atoms with E-state index in [2.05, 4.69) is 10.1 Å². The molecule has 0 bridgehead atoms. The van der Waals surface area contributed by atoms with Crippen LogP contribution >= 0.6 is 11.6 Å². The second-order valence-corrected chi connectivity index (χ2v) is 4.15. The smallest absolute Gasteiger partial charge is 0.240 e. The van der Waals surface area contributed by atoms with E-state index in [9.17, 15) is 5.11 Å². The lowest BCUT2D eigenvalue weighted by atomic mass is 10.0. The normalized spacial score (nSPS) is 10.8. The molecule has 17 heavy (non-hydrogen) atoms. The number of phenols is 1. The Hall–Kier alpha value is -1.59. The highest BCUT2D eigenvalue weighted by Crippen LogP contribution is 2.37. The van der Waals surface area contributed by atoms with Crippen molar-refractivity contribution >= 4 is 11.6 Å². The van der Waals surface area contributed by atoms with E-state index in [0.29, 0.717) is 33.4 Å². The van der Waals surface area contributed by atoms with E-state index in [4.69, 9.17) is 21.9 Å². The lowest BCUT2D eigenvalue weighted by Crippen LogP contribution is -1.96. The van der Waals surface area contributed by atoms with Crippen molar-refractivity contribution in [2.45, 2.75) is 20.4 Å². The Kier molecular flexibility index (Phi) is 3.04. The minimum atomic E-state index is 0.108. The maximum atomic E-state index is 10.0. The first-order chi connectivity index (χ1) is 8.04. The number of hydrogen-bond acceptors (Lipinski definition) is 5. The van der Waals surface area contributed by atoms with Crippen LogP contribution in [-0.2, 0) is 6.54 Å². The Morgan fingerprint density at radius 3 is 2.76 bits per heavy atom. The molecule has 0 aliphatic heterocycles. The van der Waals surface area contributed by atoms with Gasteiger partial charge < -0.3 is 15.4 Å². The molecule has 0 fully saturated rings. The van der Waals surface area contributed by atoms with Crippen LogP contribution in [0.15, 0.2) is 10.6 Å². The minimum Gasteiger partial charge on any atom is -0.507 e. The van der Waals surface area contributed by atoms with Crippen molar-refractivity contribution in [3.8, 4) is 17.1 Å². The van der Waals surface area contributed by atoms with Crippen LogP contribution in [0.25, 0.3) is 11.4 Å². The minimum absolute atomic E-state index is 0.108. The van der Waals surface area contributed by atoms with E-state index >= 15 is 0 Å². The molecule has 0 atom stereocenters. The molecule has 3 N–H and O–H groups in total. The van der Waals surface area contributed by atoms with Gasteiger partial charge >= 0.3 is 0 Å². The molecule has 2 rings (SSSR count). The average molecular weight is 254 g/mol. The van der Waals surface area contributed by atoms with Gasteiger partial charge in [0.05, 0.1) is 12.1 Å². The zero-order valence-electron chi connectivity index (χ0n) is 9.49. The van der Waals surface area contributed by atoms with Crippen LogP contribution in [0.2, 0.25) is 5.02 Å². The molecule has 0 aliphatic rings. The van der Waals surface area contributed by atoms with Crippen molar-refractivity contribution in [1.82, 2.24) is 10.1 Å². The van der Waals surface area contributed by atoms with Crippen molar-refractivity contribution in [3.05, 3.63) is 28.1 Å². The Morgan fingerprint density at radius 2 is 2.18 bits per heavy atom. The summed E-state index contributed by atoms with van der Waals surface area (Å²) in [7, 11) is 0. The third-order valence-electron chi connectivity index (χ3n) is 2.55. The van der Waals surface area contributed by atoms with Crippen LogP contribution in [0.4, 0.5) is 0 Å². The number of aromatic nitrogens is 2. The summed E-state index contributed by atoms with van der Waals surface area (Å²) >= 11 is 6.06. The molecule has 0 aliphatic carbocycles. The number of phenolic OH excluding ortho intramolecular Hbond substituents is 1. The number of nitrogens with zero attached hydrogens (tertiary/aromatic N) is 2. The van der Waals surface area contributed by atoms with E-state index in [1.54, 1.807) is 19.9 Å². The molecule has 1 aromatic heterocycles. The summed E-state index contributed by atoms with van der Waals surface area (Å²) in [6.07, 6.45) is 0. The van der Waals surface area contributed by atoms with Crippen molar-refractivity contribution in [3.63, 3.8) is 0 Å². The fraction of sp³-hybridized carbons (Fsp3) is 0.273. The van der Waals surface area contributed by atoms with Gasteiger partial charge in [-0.25, -0.2) is 0 Å². The molecule has 0 spiro atoms. The van der Waals surface area contributed by atoms with E-state index in [1.165, 1.54) is 0 Å². The zero-order chi connectivity index (χ0) is 12.6. The summed E-state index contributed by atoms with van der Waals surface area (Å²) in [6, 6.07) is 1.69. The Bertz CT molecular complexity index is 540. The van der Waals surface area contributed by atoms with E-state index in [0.717, 1.165) is 0 Å². The zero-order valence-corrected chi connectivity index (χ0v) is 10.2. The van der Waals surface area contributed by atoms with Crippen LogP contribution in [0.5, 0.6) is 5.75 Å². The number of rotatable bonds is 2. The number of aryl methyl sites for hydroxylation is 1. The van der Waals surface area contributed by atoms with Gasteiger partial charge in [-0.1, -0.05) is 16.8 Å². The van der Waals surface area contributed by atoms with Gasteiger partial charge in [0.1, 0.15) is 5.75 Å². The van der Waals surface area contributed by atoms with Crippen LogP contribution in [0, 0.1) is 13.8 Å². The Balaban J connectivity index is 2.65. The van der Waals surface area contributed by atoms with Gasteiger partial charge in [-0.05, 0) is 31.0 Å². The molecule has 90 valence electrons. The number of benzene rings is 1. The summed E-state index contributed by atoms with van der Waals surface area (Å²) in [5, 5.41) is 14.4.